The highest BCUT2D eigenvalue weighted by atomic mass is 32.1. The number of hydrogen-bond acceptors (Lipinski definition) is 4. The van der Waals surface area contributed by atoms with Crippen LogP contribution in [0.25, 0.3) is 183 Å². The number of para-hydroxylation sites is 4. The number of hydrogen-bond donors (Lipinski definition) is 0. The molecule has 0 N–H and O–H groups in total. The van der Waals surface area contributed by atoms with Crippen molar-refractivity contribution in [1.82, 2.24) is 0 Å². The molecule has 0 radical (unpaired) electrons. The van der Waals surface area contributed by atoms with Gasteiger partial charge in [0.15, 0.2) is 0 Å². The molecule has 0 aliphatic heterocycles. The molecular weight excluding hydrogens is 1680 g/mol. The number of nitrogens with zero attached hydrogens (tertiary/aromatic N) is 2. The lowest BCUT2D eigenvalue weighted by atomic mass is 9.74. The Morgan fingerprint density at radius 3 is 1.09 bits per heavy atom. The first-order valence-corrected chi connectivity index (χ1v) is 49.5. The van der Waals surface area contributed by atoms with Gasteiger partial charge in [-0.1, -0.05) is 428 Å². The predicted molar refractivity (Wildman–Crippen MR) is 592 cm³/mol. The largest absolute Gasteiger partial charge is 0.309 e. The lowest BCUT2D eigenvalue weighted by molar-refractivity contribution is 0.518. The Labute approximate surface area is 806 Å². The smallest absolute Gasteiger partial charge is 0.0540 e. The third-order valence-electron chi connectivity index (χ3n) is 28.4. The zero-order chi connectivity index (χ0) is 92.5. The fraction of sp³-hybridized carbons (Fsp3) is 0.121. The normalized spacial score (nSPS) is 12.3. The van der Waals surface area contributed by atoms with Crippen LogP contribution in [0.5, 0.6) is 0 Å². The lowest BCUT2D eigenvalue weighted by Crippen LogP contribution is -2.22. The molecule has 0 saturated carbocycles. The van der Waals surface area contributed by atoms with Gasteiger partial charge in [-0.2, -0.15) is 0 Å². The minimum absolute atomic E-state index is 0.0495. The van der Waals surface area contributed by atoms with E-state index in [1.807, 2.05) is 22.7 Å². The van der Waals surface area contributed by atoms with Gasteiger partial charge < -0.3 is 9.80 Å². The molecule has 2 aromatic heterocycles. The molecule has 0 bridgehead atoms. The van der Waals surface area contributed by atoms with Gasteiger partial charge in [0.25, 0.3) is 0 Å². The molecule has 0 spiro atoms. The summed E-state index contributed by atoms with van der Waals surface area (Å²) >= 11 is 3.74. The highest BCUT2D eigenvalue weighted by Gasteiger charge is 2.32. The zero-order valence-electron chi connectivity index (χ0n) is 78.9. The molecule has 23 rings (SSSR count). The van der Waals surface area contributed by atoms with Crippen molar-refractivity contribution in [3.05, 3.63) is 459 Å². The van der Waals surface area contributed by atoms with Crippen LogP contribution in [-0.2, 0) is 28.1 Å². The molecular formula is C132H106N2S2. The summed E-state index contributed by atoms with van der Waals surface area (Å²) in [5.41, 5.74) is 31.6. The number of thiophene rings is 2. The summed E-state index contributed by atoms with van der Waals surface area (Å²) in [5.74, 6) is 0. The van der Waals surface area contributed by atoms with E-state index >= 15 is 0 Å². The van der Waals surface area contributed by atoms with Crippen LogP contribution in [0.4, 0.5) is 34.1 Å². The molecule has 23 aromatic rings. The first kappa shape index (κ1) is 85.2. The van der Waals surface area contributed by atoms with Gasteiger partial charge in [-0.15, -0.1) is 22.7 Å². The van der Waals surface area contributed by atoms with Crippen molar-refractivity contribution in [2.24, 2.45) is 0 Å². The average Bonchev–Trinajstić information content (AvgIpc) is 1.14. The quantitative estimate of drug-likeness (QED) is 0.0839. The second-order valence-corrected chi connectivity index (χ2v) is 43.0. The fourth-order valence-corrected chi connectivity index (χ4v) is 23.6. The number of fused-ring (bicyclic) bond motifs is 12. The van der Waals surface area contributed by atoms with Crippen LogP contribution in [0, 0.1) is 0 Å². The highest BCUT2D eigenvalue weighted by molar-refractivity contribution is 7.26. The molecule has 2 nitrogen and oxygen atoms in total. The molecule has 0 saturated heterocycles. The van der Waals surface area contributed by atoms with E-state index in [4.69, 9.17) is 0 Å². The van der Waals surface area contributed by atoms with Crippen molar-refractivity contribution >= 4 is 151 Å². The first-order valence-electron chi connectivity index (χ1n) is 47.9. The standard InChI is InChI=1S/C132H106N2S2/c1-129(2,3)95-76-93(77-96(81-95)130(4,5)6)103-48-27-35-87-37-29-53-112(125(87)103)109-43-15-21-57-118(109)133(119-58-22-17-45-111(119)114-55-33-63-124-128(114)116-47-19-25-61-122(116)136-124)99-71-68-85(69-72-99)90-67-66-89-74-84(64-65-91(89)75-90)83-132(10,11)98-79-94(78-97(82-98)131(7,8)9)104-49-28-36-88-38-30-54-113(126(88)104)110-44-16-23-59-120(110)134(100-40-26-39-92(80-100)102-50-32-62-123-127(102)115-46-18-24-60-121(115)135-123)117-56-20-14-42-108(117)106-52-31-51-105-101-41-13-12-34-86(101)70-73-107(105)106/h12-82H,83H2,1-11H3. The lowest BCUT2D eigenvalue weighted by Gasteiger charge is -2.31. The molecule has 0 fully saturated rings. The highest BCUT2D eigenvalue weighted by Crippen LogP contribution is 2.55. The molecule has 656 valence electrons. The van der Waals surface area contributed by atoms with Gasteiger partial charge in [0, 0.05) is 74.0 Å². The Hall–Kier alpha value is -15.0. The van der Waals surface area contributed by atoms with Gasteiger partial charge in [-0.3, -0.25) is 0 Å². The molecule has 0 aliphatic carbocycles. The maximum Gasteiger partial charge on any atom is 0.0540 e. The van der Waals surface area contributed by atoms with Crippen molar-refractivity contribution in [2.75, 3.05) is 9.80 Å². The second kappa shape index (κ2) is 33.8. The van der Waals surface area contributed by atoms with Crippen LogP contribution in [0.2, 0.25) is 0 Å². The average molecular weight is 1780 g/mol. The molecule has 136 heavy (non-hydrogen) atoms. The van der Waals surface area contributed by atoms with Crippen molar-refractivity contribution in [2.45, 2.75) is 104 Å². The Morgan fingerprint density at radius 2 is 0.551 bits per heavy atom. The zero-order valence-corrected chi connectivity index (χ0v) is 80.5. The number of rotatable bonds is 17. The van der Waals surface area contributed by atoms with Crippen LogP contribution in [0.3, 0.4) is 0 Å². The molecule has 4 heteroatoms. The van der Waals surface area contributed by atoms with Gasteiger partial charge in [-0.25, -0.2) is 0 Å². The maximum absolute atomic E-state index is 2.55. The van der Waals surface area contributed by atoms with Gasteiger partial charge in [0.05, 0.1) is 22.7 Å². The van der Waals surface area contributed by atoms with E-state index in [-0.39, 0.29) is 21.7 Å². The van der Waals surface area contributed by atoms with E-state index in [0.717, 1.165) is 62.8 Å². The fourth-order valence-electron chi connectivity index (χ4n) is 21.4. The Balaban J connectivity index is 0.601. The van der Waals surface area contributed by atoms with Crippen molar-refractivity contribution in [3.8, 4) is 89.0 Å². The van der Waals surface area contributed by atoms with Crippen molar-refractivity contribution in [3.63, 3.8) is 0 Å². The molecule has 0 unspecified atom stereocenters. The summed E-state index contributed by atoms with van der Waals surface area (Å²) in [7, 11) is 0. The van der Waals surface area contributed by atoms with Gasteiger partial charge in [0.2, 0.25) is 0 Å². The minimum atomic E-state index is -0.277. The first-order chi connectivity index (χ1) is 66.1. The summed E-state index contributed by atoms with van der Waals surface area (Å²) < 4.78 is 5.15. The van der Waals surface area contributed by atoms with Crippen molar-refractivity contribution in [1.29, 1.82) is 0 Å². The monoisotopic (exact) mass is 1780 g/mol. The SMILES string of the molecule is CC(C)(C)c1cc(-c2cccc3cccc(-c4ccccc4N(c4ccc(-c5ccc6cc(CC(C)(C)c7cc(-c8cccc9cccc(-c%10ccccc%10N(c%10cccc(-c%11cccc%12sc%13ccccc%13c%11%12)c%10)c%10ccccc%10-c%10cccc%11c%10ccc%10ccccc%10%11)c89)cc(C(C)(C)C)c7)ccc6c5)cc4)c4ccccc4-c4cccc5sc6ccccc6c45)c23)cc(C(C)(C)C)c1. The summed E-state index contributed by atoms with van der Waals surface area (Å²) in [6, 6.07) is 163. The Bertz CT molecular complexity index is 8650. The van der Waals surface area contributed by atoms with Crippen LogP contribution < -0.4 is 9.80 Å². The molecule has 2 heterocycles. The molecule has 0 amide bonds. The number of benzene rings is 21. The minimum Gasteiger partial charge on any atom is -0.309 e. The Kier molecular flexibility index (Phi) is 21.2. The third-order valence-corrected chi connectivity index (χ3v) is 30.7. The predicted octanol–water partition coefficient (Wildman–Crippen LogP) is 38.9. The summed E-state index contributed by atoms with van der Waals surface area (Å²) in [4.78, 5) is 5.08. The van der Waals surface area contributed by atoms with E-state index < -0.39 is 0 Å². The van der Waals surface area contributed by atoms with Crippen LogP contribution in [0.1, 0.15) is 104 Å². The van der Waals surface area contributed by atoms with Crippen LogP contribution in [-0.4, -0.2) is 0 Å². The number of anilines is 6. The van der Waals surface area contributed by atoms with E-state index in [0.29, 0.717) is 0 Å². The van der Waals surface area contributed by atoms with E-state index in [1.165, 1.54) is 189 Å². The van der Waals surface area contributed by atoms with E-state index in [2.05, 4.69) is 517 Å². The molecule has 0 atom stereocenters. The van der Waals surface area contributed by atoms with Crippen molar-refractivity contribution < 1.29 is 0 Å². The summed E-state index contributed by atoms with van der Waals surface area (Å²) in [6.45, 7) is 26.0. The van der Waals surface area contributed by atoms with Gasteiger partial charge >= 0.3 is 0 Å². The summed E-state index contributed by atoms with van der Waals surface area (Å²) in [5, 5.41) is 17.4. The van der Waals surface area contributed by atoms with Crippen LogP contribution in [0.15, 0.2) is 431 Å². The summed E-state index contributed by atoms with van der Waals surface area (Å²) in [6.07, 6.45) is 0.841. The maximum atomic E-state index is 2.55. The third kappa shape index (κ3) is 15.4. The van der Waals surface area contributed by atoms with E-state index in [1.54, 1.807) is 0 Å². The molecule has 21 aromatic carbocycles. The van der Waals surface area contributed by atoms with Gasteiger partial charge in [-0.05, 0) is 255 Å². The second-order valence-electron chi connectivity index (χ2n) is 40.8. The molecule has 0 aliphatic rings. The van der Waals surface area contributed by atoms with Crippen LogP contribution >= 0.6 is 22.7 Å². The van der Waals surface area contributed by atoms with E-state index in [9.17, 15) is 0 Å². The van der Waals surface area contributed by atoms with Gasteiger partial charge in [0.1, 0.15) is 0 Å². The Morgan fingerprint density at radius 1 is 0.191 bits per heavy atom. The topological polar surface area (TPSA) is 6.48 Å².